The molecule has 2 amide bonds. The van der Waals surface area contributed by atoms with Crippen molar-refractivity contribution < 1.29 is 14.0 Å². The average molecular weight is 474 g/mol. The third-order valence-corrected chi connectivity index (χ3v) is 5.67. The van der Waals surface area contributed by atoms with Gasteiger partial charge in [0, 0.05) is 18.0 Å². The van der Waals surface area contributed by atoms with Crippen molar-refractivity contribution >= 4 is 46.4 Å². The second kappa shape index (κ2) is 8.92. The van der Waals surface area contributed by atoms with E-state index in [4.69, 9.17) is 11.6 Å². The van der Waals surface area contributed by atoms with Crippen LogP contribution in [0.4, 0.5) is 27.4 Å². The predicted molar refractivity (Wildman–Crippen MR) is 128 cm³/mol. The molecule has 0 saturated heterocycles. The first-order valence-corrected chi connectivity index (χ1v) is 10.7. The molecule has 0 spiro atoms. The SMILES string of the molecule is O=C(Nc1ccc(C(=O)N2Cc3cccnc3Nc3ccccc32)cn1)c1c(F)cccc1Cl. The van der Waals surface area contributed by atoms with Gasteiger partial charge in [0.25, 0.3) is 11.8 Å². The van der Waals surface area contributed by atoms with E-state index in [0.717, 1.165) is 17.3 Å². The third kappa shape index (κ3) is 4.06. The number of fused-ring (bicyclic) bond motifs is 2. The van der Waals surface area contributed by atoms with E-state index in [-0.39, 0.29) is 22.3 Å². The number of benzene rings is 2. The van der Waals surface area contributed by atoms with E-state index in [1.807, 2.05) is 36.4 Å². The van der Waals surface area contributed by atoms with Crippen molar-refractivity contribution in [2.75, 3.05) is 15.5 Å². The van der Waals surface area contributed by atoms with Gasteiger partial charge in [-0.25, -0.2) is 14.4 Å². The quantitative estimate of drug-likeness (QED) is 0.414. The molecule has 0 radical (unpaired) electrons. The van der Waals surface area contributed by atoms with Gasteiger partial charge >= 0.3 is 0 Å². The molecule has 34 heavy (non-hydrogen) atoms. The molecule has 0 aliphatic carbocycles. The molecule has 0 fully saturated rings. The minimum Gasteiger partial charge on any atom is -0.338 e. The number of para-hydroxylation sites is 2. The van der Waals surface area contributed by atoms with Crippen molar-refractivity contribution in [2.24, 2.45) is 0 Å². The smallest absolute Gasteiger partial charge is 0.261 e. The molecular formula is C25H17ClFN5O2. The van der Waals surface area contributed by atoms with Crippen LogP contribution in [0.2, 0.25) is 5.02 Å². The minimum atomic E-state index is -0.736. The largest absolute Gasteiger partial charge is 0.338 e. The molecule has 4 aromatic rings. The van der Waals surface area contributed by atoms with E-state index in [1.165, 1.54) is 24.4 Å². The minimum absolute atomic E-state index is 0.00694. The number of hydrogen-bond acceptors (Lipinski definition) is 5. The number of hydrogen-bond donors (Lipinski definition) is 2. The number of nitrogens with zero attached hydrogens (tertiary/aromatic N) is 3. The summed E-state index contributed by atoms with van der Waals surface area (Å²) >= 11 is 5.95. The van der Waals surface area contributed by atoms with E-state index in [0.29, 0.717) is 23.6 Å². The van der Waals surface area contributed by atoms with Gasteiger partial charge in [0.1, 0.15) is 17.5 Å². The van der Waals surface area contributed by atoms with Gasteiger partial charge in [-0.3, -0.25) is 9.59 Å². The lowest BCUT2D eigenvalue weighted by molar-refractivity contribution is 0.0984. The van der Waals surface area contributed by atoms with Crippen molar-refractivity contribution in [3.05, 3.63) is 107 Å². The number of carbonyl (C=O) groups excluding carboxylic acids is 2. The first-order chi connectivity index (χ1) is 16.5. The van der Waals surface area contributed by atoms with Crippen LogP contribution >= 0.6 is 11.6 Å². The maximum absolute atomic E-state index is 14.0. The maximum atomic E-state index is 14.0. The maximum Gasteiger partial charge on any atom is 0.261 e. The number of amides is 2. The van der Waals surface area contributed by atoms with E-state index in [1.54, 1.807) is 17.2 Å². The number of rotatable bonds is 3. The predicted octanol–water partition coefficient (Wildman–Crippen LogP) is 5.43. The van der Waals surface area contributed by atoms with Crippen LogP contribution in [0.15, 0.2) is 79.1 Å². The van der Waals surface area contributed by atoms with Gasteiger partial charge in [-0.1, -0.05) is 35.9 Å². The van der Waals surface area contributed by atoms with Crippen LogP contribution in [0.1, 0.15) is 26.3 Å². The molecule has 0 bridgehead atoms. The highest BCUT2D eigenvalue weighted by Crippen LogP contribution is 2.35. The first-order valence-electron chi connectivity index (χ1n) is 10.3. The Kier molecular flexibility index (Phi) is 5.65. The number of anilines is 4. The van der Waals surface area contributed by atoms with Gasteiger partial charge in [-0.05, 0) is 42.5 Å². The number of pyridine rings is 2. The Morgan fingerprint density at radius 2 is 1.85 bits per heavy atom. The molecule has 7 nitrogen and oxygen atoms in total. The lowest BCUT2D eigenvalue weighted by Gasteiger charge is -2.22. The fourth-order valence-electron chi connectivity index (χ4n) is 3.70. The molecule has 1 aliphatic rings. The summed E-state index contributed by atoms with van der Waals surface area (Å²) in [6.07, 6.45) is 3.06. The molecule has 5 rings (SSSR count). The monoisotopic (exact) mass is 473 g/mol. The summed E-state index contributed by atoms with van der Waals surface area (Å²) in [7, 11) is 0. The van der Waals surface area contributed by atoms with Crippen molar-refractivity contribution in [3.63, 3.8) is 0 Å². The zero-order chi connectivity index (χ0) is 23.7. The Labute approximate surface area is 199 Å². The van der Waals surface area contributed by atoms with Crippen LogP contribution in [-0.4, -0.2) is 21.8 Å². The van der Waals surface area contributed by atoms with Crippen LogP contribution in [0, 0.1) is 5.82 Å². The van der Waals surface area contributed by atoms with Crippen LogP contribution < -0.4 is 15.5 Å². The Morgan fingerprint density at radius 3 is 2.65 bits per heavy atom. The molecule has 3 heterocycles. The van der Waals surface area contributed by atoms with Crippen LogP contribution in [-0.2, 0) is 6.54 Å². The summed E-state index contributed by atoms with van der Waals surface area (Å²) in [5.74, 6) is -0.888. The van der Waals surface area contributed by atoms with E-state index in [9.17, 15) is 14.0 Å². The van der Waals surface area contributed by atoms with Crippen LogP contribution in [0.5, 0.6) is 0 Å². The van der Waals surface area contributed by atoms with Crippen molar-refractivity contribution in [1.29, 1.82) is 0 Å². The summed E-state index contributed by atoms with van der Waals surface area (Å²) in [5, 5.41) is 5.78. The van der Waals surface area contributed by atoms with E-state index >= 15 is 0 Å². The highest BCUT2D eigenvalue weighted by Gasteiger charge is 2.25. The molecule has 0 saturated carbocycles. The fraction of sp³-hybridized carbons (Fsp3) is 0.0400. The molecular weight excluding hydrogens is 457 g/mol. The van der Waals surface area contributed by atoms with Gasteiger partial charge in [-0.2, -0.15) is 0 Å². The molecule has 2 aromatic carbocycles. The van der Waals surface area contributed by atoms with Crippen LogP contribution in [0.25, 0.3) is 0 Å². The Morgan fingerprint density at radius 1 is 1.00 bits per heavy atom. The Hall–Kier alpha value is -4.30. The zero-order valence-corrected chi connectivity index (χ0v) is 18.4. The Bertz CT molecular complexity index is 1390. The number of nitrogens with one attached hydrogen (secondary N) is 2. The van der Waals surface area contributed by atoms with Gasteiger partial charge in [0.15, 0.2) is 0 Å². The van der Waals surface area contributed by atoms with Gasteiger partial charge < -0.3 is 15.5 Å². The molecule has 0 atom stereocenters. The number of aromatic nitrogens is 2. The van der Waals surface area contributed by atoms with Crippen molar-refractivity contribution in [1.82, 2.24) is 9.97 Å². The molecule has 9 heteroatoms. The van der Waals surface area contributed by atoms with Gasteiger partial charge in [-0.15, -0.1) is 0 Å². The topological polar surface area (TPSA) is 87.2 Å². The summed E-state index contributed by atoms with van der Waals surface area (Å²) in [6, 6.07) is 18.2. The highest BCUT2D eigenvalue weighted by molar-refractivity contribution is 6.34. The second-order valence-electron chi connectivity index (χ2n) is 7.53. The normalized spacial score (nSPS) is 12.1. The lowest BCUT2D eigenvalue weighted by Crippen LogP contribution is -2.30. The van der Waals surface area contributed by atoms with Crippen molar-refractivity contribution in [2.45, 2.75) is 6.54 Å². The lowest BCUT2D eigenvalue weighted by atomic mass is 10.1. The summed E-state index contributed by atoms with van der Waals surface area (Å²) in [4.78, 5) is 36.1. The first kappa shape index (κ1) is 21.5. The molecule has 2 aromatic heterocycles. The van der Waals surface area contributed by atoms with Gasteiger partial charge in [0.05, 0.1) is 34.1 Å². The summed E-state index contributed by atoms with van der Waals surface area (Å²) < 4.78 is 14.0. The molecule has 168 valence electrons. The molecule has 0 unspecified atom stereocenters. The Balaban J connectivity index is 1.40. The second-order valence-corrected chi connectivity index (χ2v) is 7.93. The van der Waals surface area contributed by atoms with Gasteiger partial charge in [0.2, 0.25) is 0 Å². The van der Waals surface area contributed by atoms with E-state index < -0.39 is 11.7 Å². The standard InChI is InChI=1S/C25H17ClFN5O2/c26-17-6-3-7-18(27)22(17)24(33)31-21-11-10-15(13-29-21)25(34)32-14-16-5-4-12-28-23(16)30-19-8-1-2-9-20(19)32/h1-13H,14H2,(H,28,30)(H,29,31,33). The zero-order valence-electron chi connectivity index (χ0n) is 17.6. The average Bonchev–Trinajstić information content (AvgIpc) is 3.01. The molecule has 2 N–H and O–H groups in total. The molecule has 1 aliphatic heterocycles. The third-order valence-electron chi connectivity index (χ3n) is 5.35. The number of carbonyl (C=O) groups is 2. The number of halogens is 2. The highest BCUT2D eigenvalue weighted by atomic mass is 35.5. The summed E-state index contributed by atoms with van der Waals surface area (Å²) in [5.41, 5.74) is 2.38. The van der Waals surface area contributed by atoms with Crippen LogP contribution in [0.3, 0.4) is 0 Å². The summed E-state index contributed by atoms with van der Waals surface area (Å²) in [6.45, 7) is 0.316. The van der Waals surface area contributed by atoms with Crippen molar-refractivity contribution in [3.8, 4) is 0 Å². The van der Waals surface area contributed by atoms with E-state index in [2.05, 4.69) is 20.6 Å². The fourth-order valence-corrected chi connectivity index (χ4v) is 3.95.